The second kappa shape index (κ2) is 9.53. The molecule has 0 fully saturated rings. The van der Waals surface area contributed by atoms with Gasteiger partial charge in [-0.1, -0.05) is 36.7 Å². The van der Waals surface area contributed by atoms with Crippen molar-refractivity contribution in [2.75, 3.05) is 19.6 Å². The van der Waals surface area contributed by atoms with Crippen molar-refractivity contribution in [1.82, 2.24) is 15.5 Å². The van der Waals surface area contributed by atoms with Gasteiger partial charge in [-0.15, -0.1) is 0 Å². The highest BCUT2D eigenvalue weighted by Crippen LogP contribution is 2.21. The molecule has 0 aliphatic carbocycles. The van der Waals surface area contributed by atoms with E-state index in [9.17, 15) is 9.59 Å². The summed E-state index contributed by atoms with van der Waals surface area (Å²) in [4.78, 5) is 25.8. The zero-order chi connectivity index (χ0) is 17.4. The Balaban J connectivity index is 2.53. The summed E-state index contributed by atoms with van der Waals surface area (Å²) in [6, 6.07) is 7.34. The maximum absolute atomic E-state index is 12.2. The van der Waals surface area contributed by atoms with Crippen LogP contribution in [0.3, 0.4) is 0 Å². The Kier molecular flexibility index (Phi) is 8.06. The number of hydrogen-bond acceptors (Lipinski definition) is 3. The second-order valence-electron chi connectivity index (χ2n) is 5.84. The van der Waals surface area contributed by atoms with E-state index in [2.05, 4.69) is 10.6 Å². The van der Waals surface area contributed by atoms with Gasteiger partial charge in [0.1, 0.15) is 0 Å². The minimum atomic E-state index is -0.181. The van der Waals surface area contributed by atoms with Crippen molar-refractivity contribution >= 4 is 23.4 Å². The number of hydrogen-bond donors (Lipinski definition) is 2. The van der Waals surface area contributed by atoms with E-state index in [1.165, 1.54) is 0 Å². The molecule has 0 spiro atoms. The van der Waals surface area contributed by atoms with Crippen LogP contribution in [0.25, 0.3) is 0 Å². The quantitative estimate of drug-likeness (QED) is 0.764. The highest BCUT2D eigenvalue weighted by molar-refractivity contribution is 6.31. The van der Waals surface area contributed by atoms with Gasteiger partial charge in [0, 0.05) is 11.1 Å². The lowest BCUT2D eigenvalue weighted by molar-refractivity contribution is -0.125. The summed E-state index contributed by atoms with van der Waals surface area (Å²) in [5.41, 5.74) is 0.878. The Morgan fingerprint density at radius 2 is 1.65 bits per heavy atom. The molecule has 1 aromatic carbocycles. The molecule has 0 aromatic heterocycles. The first kappa shape index (κ1) is 19.5. The molecule has 0 saturated heterocycles. The molecule has 1 rings (SSSR count). The first-order valence-electron chi connectivity index (χ1n) is 7.89. The van der Waals surface area contributed by atoms with Crippen molar-refractivity contribution in [2.45, 2.75) is 39.8 Å². The number of halogens is 1. The van der Waals surface area contributed by atoms with Crippen LogP contribution in [0.15, 0.2) is 24.3 Å². The molecule has 2 N–H and O–H groups in total. The minimum absolute atomic E-state index is 0.0752. The molecule has 0 bridgehead atoms. The van der Waals surface area contributed by atoms with Crippen LogP contribution in [0.2, 0.25) is 5.02 Å². The molecular weight excluding hydrogens is 314 g/mol. The molecule has 0 saturated carbocycles. The van der Waals surface area contributed by atoms with Crippen molar-refractivity contribution in [3.8, 4) is 0 Å². The average molecular weight is 340 g/mol. The number of benzene rings is 1. The SMILES string of the molecule is CCN(CC(=O)NC(C)C)CC(=O)N[C@H](C)c1ccccc1Cl. The largest absolute Gasteiger partial charge is 0.353 e. The van der Waals surface area contributed by atoms with Crippen molar-refractivity contribution in [2.24, 2.45) is 0 Å². The van der Waals surface area contributed by atoms with Crippen molar-refractivity contribution in [3.63, 3.8) is 0 Å². The summed E-state index contributed by atoms with van der Waals surface area (Å²) in [6.45, 7) is 8.64. The molecular formula is C17H26ClN3O2. The molecule has 0 aliphatic heterocycles. The summed E-state index contributed by atoms with van der Waals surface area (Å²) in [5, 5.41) is 6.37. The Bertz CT molecular complexity index is 534. The van der Waals surface area contributed by atoms with Crippen LogP contribution in [-0.2, 0) is 9.59 Å². The van der Waals surface area contributed by atoms with Gasteiger partial charge in [-0.25, -0.2) is 0 Å². The van der Waals surface area contributed by atoms with Crippen LogP contribution in [-0.4, -0.2) is 42.4 Å². The van der Waals surface area contributed by atoms with Crippen LogP contribution in [0.1, 0.15) is 39.3 Å². The van der Waals surface area contributed by atoms with Gasteiger partial charge in [-0.05, 0) is 38.9 Å². The van der Waals surface area contributed by atoms with Gasteiger partial charge in [0.05, 0.1) is 19.1 Å². The number of carbonyl (C=O) groups excluding carboxylic acids is 2. The topological polar surface area (TPSA) is 61.4 Å². The third-order valence-electron chi connectivity index (χ3n) is 3.38. The molecule has 2 amide bonds. The predicted octanol–water partition coefficient (Wildman–Crippen LogP) is 2.36. The molecule has 128 valence electrons. The minimum Gasteiger partial charge on any atom is -0.353 e. The normalized spacial score (nSPS) is 12.3. The lowest BCUT2D eigenvalue weighted by Gasteiger charge is -2.22. The summed E-state index contributed by atoms with van der Waals surface area (Å²) >= 11 is 6.14. The second-order valence-corrected chi connectivity index (χ2v) is 6.24. The number of nitrogens with one attached hydrogen (secondary N) is 2. The van der Waals surface area contributed by atoms with Crippen LogP contribution in [0, 0.1) is 0 Å². The Hall–Kier alpha value is -1.59. The van der Waals surface area contributed by atoms with Gasteiger partial charge in [0.15, 0.2) is 0 Å². The molecule has 0 radical (unpaired) electrons. The van der Waals surface area contributed by atoms with Crippen molar-refractivity contribution in [3.05, 3.63) is 34.9 Å². The molecule has 6 heteroatoms. The highest BCUT2D eigenvalue weighted by Gasteiger charge is 2.16. The van der Waals surface area contributed by atoms with Crippen LogP contribution < -0.4 is 10.6 Å². The van der Waals surface area contributed by atoms with Gasteiger partial charge in [-0.3, -0.25) is 14.5 Å². The first-order chi connectivity index (χ1) is 10.8. The molecule has 1 aromatic rings. The number of amides is 2. The first-order valence-corrected chi connectivity index (χ1v) is 8.26. The standard InChI is InChI=1S/C17H26ClN3O2/c1-5-21(10-16(22)19-12(2)3)11-17(23)20-13(4)14-8-6-7-9-15(14)18/h6-9,12-13H,5,10-11H2,1-4H3,(H,19,22)(H,20,23)/t13-/m1/s1. The van der Waals surface area contributed by atoms with Gasteiger partial charge < -0.3 is 10.6 Å². The fourth-order valence-corrected chi connectivity index (χ4v) is 2.54. The maximum Gasteiger partial charge on any atom is 0.234 e. The summed E-state index contributed by atoms with van der Waals surface area (Å²) in [7, 11) is 0. The molecule has 23 heavy (non-hydrogen) atoms. The molecule has 0 aliphatic rings. The molecule has 1 atom stereocenters. The summed E-state index contributed by atoms with van der Waals surface area (Å²) in [5.74, 6) is -0.203. The van der Waals surface area contributed by atoms with E-state index in [0.29, 0.717) is 11.6 Å². The number of rotatable bonds is 8. The van der Waals surface area contributed by atoms with Gasteiger partial charge >= 0.3 is 0 Å². The van der Waals surface area contributed by atoms with Crippen LogP contribution in [0.4, 0.5) is 0 Å². The van der Waals surface area contributed by atoms with E-state index in [4.69, 9.17) is 11.6 Å². The number of carbonyl (C=O) groups is 2. The Labute approximate surface area is 143 Å². The average Bonchev–Trinajstić information content (AvgIpc) is 2.45. The van der Waals surface area contributed by atoms with Crippen LogP contribution >= 0.6 is 11.6 Å². The van der Waals surface area contributed by atoms with Gasteiger partial charge in [0.2, 0.25) is 11.8 Å². The zero-order valence-corrected chi connectivity index (χ0v) is 15.0. The third-order valence-corrected chi connectivity index (χ3v) is 3.72. The monoisotopic (exact) mass is 339 g/mol. The lowest BCUT2D eigenvalue weighted by atomic mass is 10.1. The lowest BCUT2D eigenvalue weighted by Crippen LogP contribution is -2.44. The maximum atomic E-state index is 12.2. The van der Waals surface area contributed by atoms with E-state index in [1.807, 2.05) is 45.9 Å². The highest BCUT2D eigenvalue weighted by atomic mass is 35.5. The fourth-order valence-electron chi connectivity index (χ4n) is 2.24. The smallest absolute Gasteiger partial charge is 0.234 e. The Morgan fingerprint density at radius 3 is 2.17 bits per heavy atom. The van der Waals surface area contributed by atoms with Crippen molar-refractivity contribution < 1.29 is 9.59 Å². The van der Waals surface area contributed by atoms with Gasteiger partial charge in [0.25, 0.3) is 0 Å². The van der Waals surface area contributed by atoms with Crippen molar-refractivity contribution in [1.29, 1.82) is 0 Å². The van der Waals surface area contributed by atoms with E-state index in [-0.39, 0.29) is 37.0 Å². The van der Waals surface area contributed by atoms with E-state index < -0.39 is 0 Å². The van der Waals surface area contributed by atoms with E-state index in [1.54, 1.807) is 11.0 Å². The molecule has 0 heterocycles. The molecule has 0 unspecified atom stereocenters. The Morgan fingerprint density at radius 1 is 1.09 bits per heavy atom. The summed E-state index contributed by atoms with van der Waals surface area (Å²) < 4.78 is 0. The van der Waals surface area contributed by atoms with Gasteiger partial charge in [-0.2, -0.15) is 0 Å². The number of likely N-dealkylation sites (N-methyl/N-ethyl adjacent to an activating group) is 1. The fraction of sp³-hybridized carbons (Fsp3) is 0.529. The van der Waals surface area contributed by atoms with Crippen LogP contribution in [0.5, 0.6) is 0 Å². The van der Waals surface area contributed by atoms with E-state index in [0.717, 1.165) is 5.56 Å². The summed E-state index contributed by atoms with van der Waals surface area (Å²) in [6.07, 6.45) is 0. The molecule has 5 nitrogen and oxygen atoms in total. The number of nitrogens with zero attached hydrogens (tertiary/aromatic N) is 1. The van der Waals surface area contributed by atoms with E-state index >= 15 is 0 Å². The zero-order valence-electron chi connectivity index (χ0n) is 14.2. The predicted molar refractivity (Wildman–Crippen MR) is 93.4 cm³/mol. The third kappa shape index (κ3) is 7.01.